The molecule has 40 heavy (non-hydrogen) atoms. The summed E-state index contributed by atoms with van der Waals surface area (Å²) in [6.45, 7) is -1.04. The lowest BCUT2D eigenvalue weighted by molar-refractivity contribution is -0.143. The predicted octanol–water partition coefficient (Wildman–Crippen LogP) is 3.93. The minimum absolute atomic E-state index is 0.194. The van der Waals surface area contributed by atoms with Crippen molar-refractivity contribution in [2.45, 2.75) is 31.0 Å². The number of nitrogens with one attached hydrogen (secondary N) is 3. The molecule has 2 aromatic rings. The molecule has 0 aliphatic heterocycles. The van der Waals surface area contributed by atoms with Crippen LogP contribution < -0.4 is 21.9 Å². The zero-order valence-electron chi connectivity index (χ0n) is 19.6. The summed E-state index contributed by atoms with van der Waals surface area (Å²) in [6, 6.07) is 0.244. The number of rotatable bonds is 9. The van der Waals surface area contributed by atoms with Crippen molar-refractivity contribution in [1.82, 2.24) is 16.1 Å². The smallest absolute Gasteiger partial charge is 0.416 e. The number of benzene rings is 2. The number of alkyl halides is 9. The Balaban J connectivity index is 2.30. The molecule has 9 nitrogen and oxygen atoms in total. The summed E-state index contributed by atoms with van der Waals surface area (Å²) < 4.78 is 119. The second-order valence-corrected chi connectivity index (χ2v) is 7.93. The lowest BCUT2D eigenvalue weighted by Gasteiger charge is -2.21. The SMILES string of the molecule is NNC=Nc1cc(C(=O)NCC(=O)NC(CC(=O)O)c2cc(C(F)(F)F)cc(C(F)(F)F)c2)cc(C(F)(F)F)c1. The number of aliphatic imine (C=N–C) groups is 1. The van der Waals surface area contributed by atoms with Crippen LogP contribution in [0.5, 0.6) is 0 Å². The first-order valence-electron chi connectivity index (χ1n) is 10.6. The Morgan fingerprint density at radius 3 is 1.85 bits per heavy atom. The minimum Gasteiger partial charge on any atom is -0.481 e. The molecule has 1 atom stereocenters. The summed E-state index contributed by atoms with van der Waals surface area (Å²) in [7, 11) is 0. The number of hydrogen-bond acceptors (Lipinski definition) is 5. The van der Waals surface area contributed by atoms with Crippen LogP contribution >= 0.6 is 0 Å². The average molecular weight is 587 g/mol. The fraction of sp³-hybridized carbons (Fsp3) is 0.273. The number of nitrogens with two attached hydrogens (primary N) is 1. The Labute approximate surface area is 218 Å². The molecule has 0 saturated carbocycles. The Morgan fingerprint density at radius 1 is 0.850 bits per heavy atom. The lowest BCUT2D eigenvalue weighted by atomic mass is 9.97. The van der Waals surface area contributed by atoms with Gasteiger partial charge in [-0.25, -0.2) is 10.8 Å². The van der Waals surface area contributed by atoms with Gasteiger partial charge in [-0.3, -0.25) is 14.4 Å². The maximum Gasteiger partial charge on any atom is 0.416 e. The quantitative estimate of drug-likeness (QED) is 0.0989. The van der Waals surface area contributed by atoms with Gasteiger partial charge in [-0.15, -0.1) is 0 Å². The number of amides is 2. The summed E-state index contributed by atoms with van der Waals surface area (Å²) >= 11 is 0. The number of carbonyl (C=O) groups is 3. The summed E-state index contributed by atoms with van der Waals surface area (Å²) in [6.07, 6.45) is -15.8. The molecule has 0 aromatic heterocycles. The Morgan fingerprint density at radius 2 is 1.38 bits per heavy atom. The first-order chi connectivity index (χ1) is 18.3. The number of nitrogens with zero attached hydrogens (tertiary/aromatic N) is 1. The molecule has 0 aliphatic carbocycles. The van der Waals surface area contributed by atoms with Gasteiger partial charge in [0, 0.05) is 5.56 Å². The number of hydrogen-bond donors (Lipinski definition) is 5. The Bertz CT molecular complexity index is 1260. The van der Waals surface area contributed by atoms with Crippen LogP contribution in [0.2, 0.25) is 0 Å². The largest absolute Gasteiger partial charge is 0.481 e. The number of hydrazine groups is 1. The van der Waals surface area contributed by atoms with E-state index in [0.29, 0.717) is 12.1 Å². The zero-order valence-corrected chi connectivity index (χ0v) is 19.6. The van der Waals surface area contributed by atoms with Gasteiger partial charge in [0.15, 0.2) is 0 Å². The zero-order chi connectivity index (χ0) is 30.5. The fourth-order valence-corrected chi connectivity index (χ4v) is 3.21. The average Bonchev–Trinajstić information content (AvgIpc) is 2.83. The van der Waals surface area contributed by atoms with E-state index in [0.717, 1.165) is 12.4 Å². The topological polar surface area (TPSA) is 146 Å². The van der Waals surface area contributed by atoms with Gasteiger partial charge < -0.3 is 21.2 Å². The molecule has 0 aliphatic rings. The van der Waals surface area contributed by atoms with Crippen molar-refractivity contribution >= 4 is 29.8 Å². The summed E-state index contributed by atoms with van der Waals surface area (Å²) in [5.41, 5.74) is -4.71. The van der Waals surface area contributed by atoms with E-state index in [-0.39, 0.29) is 23.9 Å². The van der Waals surface area contributed by atoms with E-state index in [9.17, 15) is 53.9 Å². The van der Waals surface area contributed by atoms with Gasteiger partial charge >= 0.3 is 24.5 Å². The molecule has 2 rings (SSSR count). The van der Waals surface area contributed by atoms with E-state index >= 15 is 0 Å². The molecule has 6 N–H and O–H groups in total. The number of carbonyl (C=O) groups excluding carboxylic acids is 2. The molecule has 0 spiro atoms. The Hall–Kier alpha value is -4.35. The molecule has 0 fully saturated rings. The first-order valence-corrected chi connectivity index (χ1v) is 10.6. The maximum absolute atomic E-state index is 13.2. The van der Waals surface area contributed by atoms with Crippen molar-refractivity contribution in [1.29, 1.82) is 0 Å². The van der Waals surface area contributed by atoms with Crippen LogP contribution in [0, 0.1) is 0 Å². The van der Waals surface area contributed by atoms with Crippen molar-refractivity contribution in [3.05, 3.63) is 64.2 Å². The van der Waals surface area contributed by atoms with Gasteiger partial charge in [0.25, 0.3) is 5.91 Å². The van der Waals surface area contributed by atoms with E-state index < -0.39 is 83.1 Å². The van der Waals surface area contributed by atoms with Gasteiger partial charge in [-0.1, -0.05) is 0 Å². The summed E-state index contributed by atoms with van der Waals surface area (Å²) in [5, 5.41) is 12.9. The monoisotopic (exact) mass is 587 g/mol. The van der Waals surface area contributed by atoms with Gasteiger partial charge in [0.1, 0.15) is 6.34 Å². The molecule has 0 heterocycles. The van der Waals surface area contributed by atoms with E-state index in [1.54, 1.807) is 0 Å². The lowest BCUT2D eigenvalue weighted by Crippen LogP contribution is -2.39. The van der Waals surface area contributed by atoms with Crippen molar-refractivity contribution in [3.8, 4) is 0 Å². The van der Waals surface area contributed by atoms with Crippen LogP contribution in [0.4, 0.5) is 45.2 Å². The third-order valence-corrected chi connectivity index (χ3v) is 4.93. The highest BCUT2D eigenvalue weighted by molar-refractivity contribution is 5.97. The van der Waals surface area contributed by atoms with Gasteiger partial charge in [0.2, 0.25) is 5.91 Å². The van der Waals surface area contributed by atoms with E-state index in [4.69, 9.17) is 10.9 Å². The number of aliphatic carboxylic acids is 1. The first kappa shape index (κ1) is 31.9. The van der Waals surface area contributed by atoms with Gasteiger partial charge in [-0.2, -0.15) is 39.5 Å². The molecule has 218 valence electrons. The van der Waals surface area contributed by atoms with Crippen molar-refractivity contribution in [3.63, 3.8) is 0 Å². The maximum atomic E-state index is 13.2. The normalized spacial score (nSPS) is 13.2. The standard InChI is InChI=1S/C22H18F9N5O4/c23-20(24,25)12-1-10(2-13(5-12)21(26,27)28)16(7-18(38)39)36-17(37)8-33-19(40)11-3-14(22(29,30)31)6-15(4-11)34-9-35-32/h1-6,9,16H,7-8,32H2,(H,33,40)(H,34,35)(H,36,37)(H,38,39). The van der Waals surface area contributed by atoms with Crippen LogP contribution in [0.15, 0.2) is 41.4 Å². The highest BCUT2D eigenvalue weighted by Crippen LogP contribution is 2.38. The van der Waals surface area contributed by atoms with Gasteiger partial charge in [0.05, 0.1) is 41.4 Å². The van der Waals surface area contributed by atoms with E-state index in [2.05, 4.69) is 4.99 Å². The molecule has 2 aromatic carbocycles. The molecule has 18 heteroatoms. The molecule has 0 bridgehead atoms. The Kier molecular flexibility index (Phi) is 9.74. The van der Waals surface area contributed by atoms with Gasteiger partial charge in [-0.05, 0) is 42.0 Å². The molecular formula is C22H18F9N5O4. The van der Waals surface area contributed by atoms with Crippen molar-refractivity contribution < 1.29 is 59.0 Å². The predicted molar refractivity (Wildman–Crippen MR) is 119 cm³/mol. The van der Waals surface area contributed by atoms with Crippen LogP contribution in [0.1, 0.15) is 45.1 Å². The molecular weight excluding hydrogens is 569 g/mol. The third kappa shape index (κ3) is 9.14. The fourth-order valence-electron chi connectivity index (χ4n) is 3.21. The molecule has 2 amide bonds. The van der Waals surface area contributed by atoms with E-state index in [1.165, 1.54) is 0 Å². The van der Waals surface area contributed by atoms with Crippen LogP contribution in [-0.2, 0) is 28.1 Å². The second kappa shape index (κ2) is 12.2. The second-order valence-electron chi connectivity index (χ2n) is 7.93. The summed E-state index contributed by atoms with van der Waals surface area (Å²) in [5.74, 6) is 0.733. The third-order valence-electron chi connectivity index (χ3n) is 4.93. The number of carboxylic acid groups (broad SMARTS) is 1. The summed E-state index contributed by atoms with van der Waals surface area (Å²) in [4.78, 5) is 39.5. The molecule has 0 saturated heterocycles. The van der Waals surface area contributed by atoms with E-state index in [1.807, 2.05) is 16.1 Å². The van der Waals surface area contributed by atoms with Crippen molar-refractivity contribution in [2.75, 3.05) is 6.54 Å². The van der Waals surface area contributed by atoms with Crippen LogP contribution in [-0.4, -0.2) is 35.8 Å². The minimum atomic E-state index is -5.25. The number of carboxylic acids is 1. The molecule has 0 radical (unpaired) electrons. The highest BCUT2D eigenvalue weighted by Gasteiger charge is 2.38. The van der Waals surface area contributed by atoms with Crippen LogP contribution in [0.25, 0.3) is 0 Å². The highest BCUT2D eigenvalue weighted by atomic mass is 19.4. The van der Waals surface area contributed by atoms with Crippen molar-refractivity contribution in [2.24, 2.45) is 10.8 Å². The molecule has 1 unspecified atom stereocenters. The number of halogens is 9. The van der Waals surface area contributed by atoms with Crippen LogP contribution in [0.3, 0.4) is 0 Å².